The number of carbonyl (C=O) groups excluding carboxylic acids is 2. The van der Waals surface area contributed by atoms with Gasteiger partial charge in [0.2, 0.25) is 0 Å². The largest absolute Gasteiger partial charge is 0.460 e. The minimum Gasteiger partial charge on any atom is -0.460 e. The fourth-order valence-electron chi connectivity index (χ4n) is 4.53. The normalized spacial score (nSPS) is 15.0. The van der Waals surface area contributed by atoms with Gasteiger partial charge in [-0.2, -0.15) is 13.2 Å². The number of ether oxygens (including phenoxy) is 7. The Morgan fingerprint density at radius 1 is 0.913 bits per heavy atom. The van der Waals surface area contributed by atoms with Gasteiger partial charge in [-0.3, -0.25) is 9.69 Å². The monoisotopic (exact) mass is 652 g/mol. The van der Waals surface area contributed by atoms with Crippen LogP contribution in [0.1, 0.15) is 5.56 Å². The number of nitrogens with one attached hydrogen (secondary N) is 1. The molecule has 2 heterocycles. The molecule has 46 heavy (non-hydrogen) atoms. The topological polar surface area (TPSA) is 135 Å². The lowest BCUT2D eigenvalue weighted by Crippen LogP contribution is -2.27. The fraction of sp³-hybridized carbons (Fsp3) is 0.452. The third-order valence-corrected chi connectivity index (χ3v) is 6.74. The molecule has 0 spiro atoms. The molecule has 1 fully saturated rings. The van der Waals surface area contributed by atoms with Crippen molar-refractivity contribution < 1.29 is 55.9 Å². The van der Waals surface area contributed by atoms with E-state index in [2.05, 4.69) is 4.98 Å². The standard InChI is InChI=1S/C31H35F3N2O10/c1-40-8-9-41-10-11-42-12-13-43-14-15-44-20-28(37)45-19-23-18-36(30(39)46-23)22-7-6-21-16-27(35-29(38)25(21)17-22)24-4-2-3-5-26(24)31(32,33)34/h2-7,16-17,23H,8-15,18-20H2,1H3,(H,35,38)/t23-/m0/s1. The number of amides is 1. The van der Waals surface area contributed by atoms with Gasteiger partial charge in [0, 0.05) is 29.4 Å². The first-order valence-corrected chi connectivity index (χ1v) is 14.4. The Kier molecular flexibility index (Phi) is 12.9. The van der Waals surface area contributed by atoms with Crippen molar-refractivity contribution in [3.05, 3.63) is 64.4 Å². The van der Waals surface area contributed by atoms with E-state index in [0.29, 0.717) is 50.7 Å². The summed E-state index contributed by atoms with van der Waals surface area (Å²) in [6.07, 6.45) is -6.07. The smallest absolute Gasteiger partial charge is 0.417 e. The number of hydrogen-bond acceptors (Lipinski definition) is 10. The molecule has 0 saturated carbocycles. The number of aromatic nitrogens is 1. The average Bonchev–Trinajstić information content (AvgIpc) is 3.41. The van der Waals surface area contributed by atoms with Crippen LogP contribution in [-0.4, -0.2) is 103 Å². The summed E-state index contributed by atoms with van der Waals surface area (Å²) in [6, 6.07) is 10.9. The Morgan fingerprint density at radius 2 is 1.57 bits per heavy atom. The Balaban J connectivity index is 1.19. The second-order valence-electron chi connectivity index (χ2n) is 10.0. The molecule has 1 aliphatic heterocycles. The molecule has 12 nitrogen and oxygen atoms in total. The number of halogens is 3. The SMILES string of the molecule is COCCOCCOCCOCCOCC(=O)OC[C@@H]1CN(c2ccc3cc(-c4ccccc4C(F)(F)F)[nH]c(=O)c3c2)C(=O)O1. The molecule has 1 N–H and O–H groups in total. The molecular formula is C31H35F3N2O10. The molecule has 0 aliphatic carbocycles. The summed E-state index contributed by atoms with van der Waals surface area (Å²) in [5.41, 5.74) is -1.30. The van der Waals surface area contributed by atoms with E-state index in [0.717, 1.165) is 6.07 Å². The van der Waals surface area contributed by atoms with Gasteiger partial charge in [0.05, 0.1) is 65.0 Å². The summed E-state index contributed by atoms with van der Waals surface area (Å²) < 4.78 is 77.1. The van der Waals surface area contributed by atoms with Crippen LogP contribution in [0.5, 0.6) is 0 Å². The summed E-state index contributed by atoms with van der Waals surface area (Å²) in [5.74, 6) is -0.647. The predicted molar refractivity (Wildman–Crippen MR) is 159 cm³/mol. The summed E-state index contributed by atoms with van der Waals surface area (Å²) in [5, 5.41) is 0.557. The molecule has 0 radical (unpaired) electrons. The number of esters is 1. The number of aromatic amines is 1. The van der Waals surface area contributed by atoms with Gasteiger partial charge in [-0.05, 0) is 29.7 Å². The summed E-state index contributed by atoms with van der Waals surface area (Å²) in [6.45, 7) is 2.65. The summed E-state index contributed by atoms with van der Waals surface area (Å²) in [7, 11) is 1.60. The van der Waals surface area contributed by atoms with Crippen LogP contribution < -0.4 is 10.5 Å². The first-order chi connectivity index (χ1) is 22.2. The summed E-state index contributed by atoms with van der Waals surface area (Å²) in [4.78, 5) is 41.3. The van der Waals surface area contributed by atoms with Gasteiger partial charge in [-0.15, -0.1) is 0 Å². The molecule has 1 atom stereocenters. The molecular weight excluding hydrogens is 617 g/mol. The van der Waals surface area contributed by atoms with Gasteiger partial charge in [0.15, 0.2) is 6.10 Å². The van der Waals surface area contributed by atoms with Crippen LogP contribution in [0.3, 0.4) is 0 Å². The van der Waals surface area contributed by atoms with E-state index in [4.69, 9.17) is 33.2 Å². The van der Waals surface area contributed by atoms with Gasteiger partial charge in [0.1, 0.15) is 13.2 Å². The fourth-order valence-corrected chi connectivity index (χ4v) is 4.53. The minimum atomic E-state index is -4.60. The van der Waals surface area contributed by atoms with Crippen LogP contribution in [0.2, 0.25) is 0 Å². The molecule has 2 aromatic carbocycles. The third-order valence-electron chi connectivity index (χ3n) is 6.74. The quantitative estimate of drug-likeness (QED) is 0.160. The Bertz CT molecular complexity index is 1510. The van der Waals surface area contributed by atoms with Gasteiger partial charge in [-0.25, -0.2) is 9.59 Å². The molecule has 1 aliphatic rings. The van der Waals surface area contributed by atoms with E-state index in [9.17, 15) is 27.6 Å². The first kappa shape index (κ1) is 34.8. The van der Waals surface area contributed by atoms with E-state index in [1.54, 1.807) is 13.2 Å². The zero-order valence-electron chi connectivity index (χ0n) is 25.1. The number of nitrogens with zero attached hydrogens (tertiary/aromatic N) is 1. The Hall–Kier alpha value is -4.02. The van der Waals surface area contributed by atoms with Crippen molar-refractivity contribution >= 4 is 28.5 Å². The molecule has 4 rings (SSSR count). The van der Waals surface area contributed by atoms with Crippen LogP contribution >= 0.6 is 0 Å². The Morgan fingerprint density at radius 3 is 2.24 bits per heavy atom. The molecule has 250 valence electrons. The number of benzene rings is 2. The maximum Gasteiger partial charge on any atom is 0.417 e. The first-order valence-electron chi connectivity index (χ1n) is 14.4. The van der Waals surface area contributed by atoms with Gasteiger partial charge in [-0.1, -0.05) is 24.3 Å². The highest BCUT2D eigenvalue weighted by Crippen LogP contribution is 2.36. The molecule has 0 bridgehead atoms. The van der Waals surface area contributed by atoms with Crippen molar-refractivity contribution in [1.82, 2.24) is 4.98 Å². The molecule has 1 amide bonds. The van der Waals surface area contributed by atoms with Crippen molar-refractivity contribution in [1.29, 1.82) is 0 Å². The zero-order valence-corrected chi connectivity index (χ0v) is 25.1. The number of fused-ring (bicyclic) bond motifs is 1. The molecule has 0 unspecified atom stereocenters. The number of H-pyrrole nitrogens is 1. The van der Waals surface area contributed by atoms with Crippen molar-refractivity contribution in [3.8, 4) is 11.3 Å². The van der Waals surface area contributed by atoms with E-state index < -0.39 is 35.5 Å². The number of hydrogen-bond donors (Lipinski definition) is 1. The average molecular weight is 653 g/mol. The predicted octanol–water partition coefficient (Wildman–Crippen LogP) is 3.80. The van der Waals surface area contributed by atoms with E-state index in [-0.39, 0.29) is 49.6 Å². The van der Waals surface area contributed by atoms with Gasteiger partial charge in [0.25, 0.3) is 5.56 Å². The van der Waals surface area contributed by atoms with Crippen molar-refractivity contribution in [2.24, 2.45) is 0 Å². The maximum atomic E-state index is 13.5. The lowest BCUT2D eigenvalue weighted by atomic mass is 10.0. The highest BCUT2D eigenvalue weighted by Gasteiger charge is 2.35. The number of rotatable bonds is 18. The van der Waals surface area contributed by atoms with Crippen LogP contribution in [0.15, 0.2) is 53.3 Å². The van der Waals surface area contributed by atoms with Crippen LogP contribution in [-0.2, 0) is 44.1 Å². The van der Waals surface area contributed by atoms with Crippen LogP contribution in [0.4, 0.5) is 23.7 Å². The van der Waals surface area contributed by atoms with E-state index in [1.807, 2.05) is 0 Å². The maximum absolute atomic E-state index is 13.5. The number of alkyl halides is 3. The van der Waals surface area contributed by atoms with Crippen molar-refractivity contribution in [3.63, 3.8) is 0 Å². The molecule has 1 aromatic heterocycles. The highest BCUT2D eigenvalue weighted by atomic mass is 19.4. The number of cyclic esters (lactones) is 1. The van der Waals surface area contributed by atoms with Crippen molar-refractivity contribution in [2.45, 2.75) is 12.3 Å². The van der Waals surface area contributed by atoms with Crippen LogP contribution in [0, 0.1) is 0 Å². The van der Waals surface area contributed by atoms with Gasteiger partial charge >= 0.3 is 18.2 Å². The highest BCUT2D eigenvalue weighted by molar-refractivity contribution is 5.94. The number of anilines is 1. The Labute approximate surface area is 262 Å². The number of carbonyl (C=O) groups is 2. The summed E-state index contributed by atoms with van der Waals surface area (Å²) >= 11 is 0. The lowest BCUT2D eigenvalue weighted by molar-refractivity contribution is -0.151. The van der Waals surface area contributed by atoms with E-state index >= 15 is 0 Å². The van der Waals surface area contributed by atoms with Gasteiger partial charge < -0.3 is 38.1 Å². The number of methoxy groups -OCH3 is 1. The van der Waals surface area contributed by atoms with Crippen molar-refractivity contribution in [2.75, 3.05) is 84.6 Å². The molecule has 3 aromatic rings. The second-order valence-corrected chi connectivity index (χ2v) is 10.0. The molecule has 15 heteroatoms. The zero-order chi connectivity index (χ0) is 32.9. The second kappa shape index (κ2) is 17.1. The van der Waals surface area contributed by atoms with E-state index in [1.165, 1.54) is 41.3 Å². The number of pyridine rings is 1. The third kappa shape index (κ3) is 9.99. The molecule has 1 saturated heterocycles. The van der Waals surface area contributed by atoms with Crippen LogP contribution in [0.25, 0.3) is 22.0 Å². The minimum absolute atomic E-state index is 0.0123. The lowest BCUT2D eigenvalue weighted by Gasteiger charge is -2.15.